The number of aromatic nitrogens is 2. The van der Waals surface area contributed by atoms with Gasteiger partial charge in [0.25, 0.3) is 0 Å². The Labute approximate surface area is 83.8 Å². The molecule has 0 amide bonds. The molecule has 0 aliphatic heterocycles. The Balaban J connectivity index is 2.61. The van der Waals surface area contributed by atoms with E-state index in [1.807, 2.05) is 17.7 Å². The summed E-state index contributed by atoms with van der Waals surface area (Å²) < 4.78 is 12.1. The summed E-state index contributed by atoms with van der Waals surface area (Å²) in [6.45, 7) is 3.17. The first-order valence-corrected chi connectivity index (χ1v) is 4.49. The maximum Gasteiger partial charge on any atom is 0.145 e. The smallest absolute Gasteiger partial charge is 0.145 e. The summed E-state index contributed by atoms with van der Waals surface area (Å²) in [5, 5.41) is 4.14. The number of rotatable bonds is 5. The van der Waals surface area contributed by atoms with Gasteiger partial charge in [-0.2, -0.15) is 5.10 Å². The molecule has 1 aromatic heterocycles. The molecule has 0 saturated heterocycles. The number of aryl methyl sites for hydroxylation is 1. The monoisotopic (exact) mass is 199 g/mol. The van der Waals surface area contributed by atoms with Gasteiger partial charge >= 0.3 is 0 Å². The highest BCUT2D eigenvalue weighted by Crippen LogP contribution is 2.06. The molecule has 1 unspecified atom stereocenters. The minimum atomic E-state index is 0.0120. The van der Waals surface area contributed by atoms with Gasteiger partial charge in [0.15, 0.2) is 0 Å². The molecule has 5 nitrogen and oxygen atoms in total. The van der Waals surface area contributed by atoms with Gasteiger partial charge in [0.2, 0.25) is 0 Å². The number of nitrogens with zero attached hydrogens (tertiary/aromatic N) is 2. The Kier molecular flexibility index (Phi) is 3.91. The normalized spacial score (nSPS) is 13.1. The second kappa shape index (κ2) is 4.97. The predicted molar refractivity (Wildman–Crippen MR) is 54.0 cm³/mol. The standard InChI is InChI=1S/C9H17N3O2/c1-7-4-9(10)11-12(7)5-8(14-3)6-13-2/h4,8H,5-6H2,1-3H3,(H2,10,11). The van der Waals surface area contributed by atoms with Crippen molar-refractivity contribution in [2.75, 3.05) is 26.6 Å². The van der Waals surface area contributed by atoms with E-state index in [0.717, 1.165) is 5.69 Å². The Hall–Kier alpha value is -1.07. The van der Waals surface area contributed by atoms with Gasteiger partial charge in [0.1, 0.15) is 5.82 Å². The topological polar surface area (TPSA) is 62.3 Å². The molecular weight excluding hydrogens is 182 g/mol. The van der Waals surface area contributed by atoms with E-state index in [2.05, 4.69) is 5.10 Å². The van der Waals surface area contributed by atoms with E-state index in [1.54, 1.807) is 14.2 Å². The van der Waals surface area contributed by atoms with E-state index < -0.39 is 0 Å². The molecule has 1 rings (SSSR count). The third-order valence-electron chi connectivity index (χ3n) is 2.06. The van der Waals surface area contributed by atoms with Crippen molar-refractivity contribution in [2.24, 2.45) is 0 Å². The lowest BCUT2D eigenvalue weighted by atomic mass is 10.3. The van der Waals surface area contributed by atoms with Crippen molar-refractivity contribution in [2.45, 2.75) is 19.6 Å². The molecule has 0 aromatic carbocycles. The van der Waals surface area contributed by atoms with Gasteiger partial charge in [-0.1, -0.05) is 0 Å². The highest BCUT2D eigenvalue weighted by Gasteiger charge is 2.10. The second-order valence-electron chi connectivity index (χ2n) is 3.21. The van der Waals surface area contributed by atoms with Crippen LogP contribution in [-0.2, 0) is 16.0 Å². The number of hydrogen-bond acceptors (Lipinski definition) is 4. The first-order valence-electron chi connectivity index (χ1n) is 4.49. The van der Waals surface area contributed by atoms with Crippen molar-refractivity contribution in [1.29, 1.82) is 0 Å². The number of nitrogen functional groups attached to an aromatic ring is 1. The van der Waals surface area contributed by atoms with E-state index >= 15 is 0 Å². The lowest BCUT2D eigenvalue weighted by Gasteiger charge is -2.14. The average Bonchev–Trinajstić information content (AvgIpc) is 2.44. The average molecular weight is 199 g/mol. The van der Waals surface area contributed by atoms with Crippen molar-refractivity contribution in [3.8, 4) is 0 Å². The minimum absolute atomic E-state index is 0.0120. The quantitative estimate of drug-likeness (QED) is 0.747. The number of anilines is 1. The van der Waals surface area contributed by atoms with Crippen LogP contribution in [0.25, 0.3) is 0 Å². The summed E-state index contributed by atoms with van der Waals surface area (Å²) in [5.74, 6) is 0.537. The maximum atomic E-state index is 5.57. The van der Waals surface area contributed by atoms with Gasteiger partial charge < -0.3 is 15.2 Å². The fourth-order valence-corrected chi connectivity index (χ4v) is 1.29. The molecule has 0 saturated carbocycles. The van der Waals surface area contributed by atoms with Crippen LogP contribution in [0.5, 0.6) is 0 Å². The molecule has 0 spiro atoms. The van der Waals surface area contributed by atoms with Gasteiger partial charge in [0.05, 0.1) is 19.3 Å². The summed E-state index contributed by atoms with van der Waals surface area (Å²) in [4.78, 5) is 0. The van der Waals surface area contributed by atoms with E-state index in [1.165, 1.54) is 0 Å². The molecule has 5 heteroatoms. The van der Waals surface area contributed by atoms with Crippen molar-refractivity contribution >= 4 is 5.82 Å². The Morgan fingerprint density at radius 2 is 2.29 bits per heavy atom. The number of hydrogen-bond donors (Lipinski definition) is 1. The highest BCUT2D eigenvalue weighted by molar-refractivity contribution is 5.28. The van der Waals surface area contributed by atoms with Crippen molar-refractivity contribution in [1.82, 2.24) is 9.78 Å². The molecule has 80 valence electrons. The summed E-state index contributed by atoms with van der Waals surface area (Å²) in [6, 6.07) is 1.83. The summed E-state index contributed by atoms with van der Waals surface area (Å²) in [6.07, 6.45) is 0.0120. The first-order chi connectivity index (χ1) is 6.67. The third-order valence-corrected chi connectivity index (χ3v) is 2.06. The molecule has 0 fully saturated rings. The lowest BCUT2D eigenvalue weighted by Crippen LogP contribution is -2.24. The van der Waals surface area contributed by atoms with Crippen LogP contribution in [0.4, 0.5) is 5.82 Å². The van der Waals surface area contributed by atoms with Gasteiger partial charge in [-0.25, -0.2) is 0 Å². The summed E-state index contributed by atoms with van der Waals surface area (Å²) in [7, 11) is 3.31. The van der Waals surface area contributed by atoms with Crippen LogP contribution in [-0.4, -0.2) is 36.7 Å². The molecule has 0 radical (unpaired) electrons. The minimum Gasteiger partial charge on any atom is -0.382 e. The number of ether oxygens (including phenoxy) is 2. The van der Waals surface area contributed by atoms with Crippen LogP contribution < -0.4 is 5.73 Å². The molecule has 1 atom stereocenters. The second-order valence-corrected chi connectivity index (χ2v) is 3.21. The van der Waals surface area contributed by atoms with Crippen LogP contribution in [0, 0.1) is 6.92 Å². The summed E-state index contributed by atoms with van der Waals surface area (Å²) >= 11 is 0. The van der Waals surface area contributed by atoms with Crippen molar-refractivity contribution in [3.05, 3.63) is 11.8 Å². The maximum absolute atomic E-state index is 5.57. The molecule has 14 heavy (non-hydrogen) atoms. The van der Waals surface area contributed by atoms with Gasteiger partial charge in [-0.15, -0.1) is 0 Å². The molecule has 0 aliphatic rings. The predicted octanol–water partition coefficient (Wildman–Crippen LogP) is 0.435. The van der Waals surface area contributed by atoms with Gasteiger partial charge in [-0.05, 0) is 6.92 Å². The van der Waals surface area contributed by atoms with E-state index in [-0.39, 0.29) is 6.10 Å². The SMILES string of the molecule is COCC(Cn1nc(N)cc1C)OC. The van der Waals surface area contributed by atoms with E-state index in [0.29, 0.717) is 19.0 Å². The van der Waals surface area contributed by atoms with Gasteiger partial charge in [0, 0.05) is 26.0 Å². The highest BCUT2D eigenvalue weighted by atomic mass is 16.5. The van der Waals surface area contributed by atoms with Crippen LogP contribution in [0.3, 0.4) is 0 Å². The molecule has 2 N–H and O–H groups in total. The summed E-state index contributed by atoms with van der Waals surface area (Å²) in [5.41, 5.74) is 6.59. The number of methoxy groups -OCH3 is 2. The molecule has 0 bridgehead atoms. The van der Waals surface area contributed by atoms with Gasteiger partial charge in [-0.3, -0.25) is 4.68 Å². The van der Waals surface area contributed by atoms with E-state index in [4.69, 9.17) is 15.2 Å². The molecule has 0 aliphatic carbocycles. The van der Waals surface area contributed by atoms with Crippen LogP contribution in [0.2, 0.25) is 0 Å². The Morgan fingerprint density at radius 1 is 1.57 bits per heavy atom. The zero-order valence-electron chi connectivity index (χ0n) is 8.86. The Morgan fingerprint density at radius 3 is 2.71 bits per heavy atom. The Bertz CT molecular complexity index is 286. The van der Waals surface area contributed by atoms with Crippen LogP contribution in [0.15, 0.2) is 6.07 Å². The van der Waals surface area contributed by atoms with Crippen molar-refractivity contribution < 1.29 is 9.47 Å². The zero-order chi connectivity index (χ0) is 10.6. The molecule has 1 aromatic rings. The molecular formula is C9H17N3O2. The zero-order valence-corrected chi connectivity index (χ0v) is 8.86. The van der Waals surface area contributed by atoms with Crippen LogP contribution in [0.1, 0.15) is 5.69 Å². The third kappa shape index (κ3) is 2.71. The largest absolute Gasteiger partial charge is 0.382 e. The lowest BCUT2D eigenvalue weighted by molar-refractivity contribution is 0.0160. The molecule has 1 heterocycles. The first kappa shape index (κ1) is 11.0. The van der Waals surface area contributed by atoms with Crippen molar-refractivity contribution in [3.63, 3.8) is 0 Å². The van der Waals surface area contributed by atoms with E-state index in [9.17, 15) is 0 Å². The number of nitrogens with two attached hydrogens (primary N) is 1. The fourth-order valence-electron chi connectivity index (χ4n) is 1.29. The fraction of sp³-hybridized carbons (Fsp3) is 0.667. The van der Waals surface area contributed by atoms with Crippen LogP contribution >= 0.6 is 0 Å².